The minimum Gasteiger partial charge on any atom is -0.481 e. The first-order valence-electron chi connectivity index (χ1n) is 4.63. The molecule has 0 aliphatic carbocycles. The minimum atomic E-state index is -0.806. The number of halogens is 1. The largest absolute Gasteiger partial charge is 0.481 e. The molecule has 0 aliphatic heterocycles. The second-order valence-corrected chi connectivity index (χ2v) is 4.52. The van der Waals surface area contributed by atoms with E-state index in [0.29, 0.717) is 0 Å². The normalized spacial score (nSPS) is 12.3. The van der Waals surface area contributed by atoms with Gasteiger partial charge in [0.1, 0.15) is 0 Å². The van der Waals surface area contributed by atoms with Gasteiger partial charge in [-0.3, -0.25) is 4.79 Å². The van der Waals surface area contributed by atoms with Crippen LogP contribution in [-0.2, 0) is 4.79 Å². The number of hydrogen-bond acceptors (Lipinski definition) is 2. The van der Waals surface area contributed by atoms with E-state index in [4.69, 9.17) is 5.11 Å². The Morgan fingerprint density at radius 1 is 1.47 bits per heavy atom. The van der Waals surface area contributed by atoms with Gasteiger partial charge >= 0.3 is 5.97 Å². The van der Waals surface area contributed by atoms with E-state index in [0.717, 1.165) is 15.7 Å². The van der Waals surface area contributed by atoms with Crippen molar-refractivity contribution >= 4 is 27.6 Å². The molecule has 1 N–H and O–H groups in total. The van der Waals surface area contributed by atoms with Gasteiger partial charge in [-0.05, 0) is 40.5 Å². The zero-order chi connectivity index (χ0) is 11.6. The van der Waals surface area contributed by atoms with Gasteiger partial charge in [-0.15, -0.1) is 0 Å². The lowest BCUT2D eigenvalue weighted by Crippen LogP contribution is -2.11. The van der Waals surface area contributed by atoms with E-state index in [1.807, 2.05) is 37.2 Å². The summed E-state index contributed by atoms with van der Waals surface area (Å²) in [4.78, 5) is 12.8. The molecule has 0 saturated heterocycles. The molecule has 0 aliphatic rings. The highest BCUT2D eigenvalue weighted by atomic mass is 79.9. The van der Waals surface area contributed by atoms with Crippen LogP contribution in [0.15, 0.2) is 22.7 Å². The highest BCUT2D eigenvalue weighted by Gasteiger charge is 2.14. The zero-order valence-corrected chi connectivity index (χ0v) is 10.6. The van der Waals surface area contributed by atoms with Gasteiger partial charge in [0, 0.05) is 18.6 Å². The van der Waals surface area contributed by atoms with Crippen molar-refractivity contribution in [1.82, 2.24) is 0 Å². The summed E-state index contributed by atoms with van der Waals surface area (Å²) in [7, 11) is 3.89. The van der Waals surface area contributed by atoms with Gasteiger partial charge in [0.05, 0.1) is 11.6 Å². The molecule has 1 aromatic carbocycles. The van der Waals surface area contributed by atoms with E-state index in [9.17, 15) is 4.79 Å². The van der Waals surface area contributed by atoms with E-state index >= 15 is 0 Å². The van der Waals surface area contributed by atoms with Crippen LogP contribution in [0.1, 0.15) is 18.4 Å². The quantitative estimate of drug-likeness (QED) is 0.919. The van der Waals surface area contributed by atoms with Gasteiger partial charge in [-0.1, -0.05) is 6.07 Å². The van der Waals surface area contributed by atoms with Crippen LogP contribution in [0, 0.1) is 0 Å². The van der Waals surface area contributed by atoms with Crippen molar-refractivity contribution < 1.29 is 9.90 Å². The van der Waals surface area contributed by atoms with Gasteiger partial charge in [0.2, 0.25) is 0 Å². The molecule has 0 heterocycles. The fourth-order valence-corrected chi connectivity index (χ4v) is 2.05. The summed E-state index contributed by atoms with van der Waals surface area (Å²) >= 11 is 3.43. The Kier molecular flexibility index (Phi) is 3.74. The third-order valence-corrected chi connectivity index (χ3v) is 2.96. The van der Waals surface area contributed by atoms with E-state index in [-0.39, 0.29) is 0 Å². The maximum atomic E-state index is 10.8. The lowest BCUT2D eigenvalue weighted by atomic mass is 10.0. The molecule has 0 spiro atoms. The average molecular weight is 272 g/mol. The van der Waals surface area contributed by atoms with Gasteiger partial charge in [0.15, 0.2) is 0 Å². The van der Waals surface area contributed by atoms with Gasteiger partial charge in [0.25, 0.3) is 0 Å². The lowest BCUT2D eigenvalue weighted by molar-refractivity contribution is -0.138. The Morgan fingerprint density at radius 3 is 2.47 bits per heavy atom. The Hall–Kier alpha value is -1.03. The number of anilines is 1. The molecular weight excluding hydrogens is 258 g/mol. The van der Waals surface area contributed by atoms with Crippen LogP contribution in [0.3, 0.4) is 0 Å². The first-order valence-corrected chi connectivity index (χ1v) is 5.42. The number of nitrogens with zero attached hydrogens (tertiary/aromatic N) is 1. The van der Waals surface area contributed by atoms with Crippen molar-refractivity contribution in [3.05, 3.63) is 28.2 Å². The zero-order valence-electron chi connectivity index (χ0n) is 8.99. The topological polar surface area (TPSA) is 40.5 Å². The molecule has 1 unspecified atom stereocenters. The van der Waals surface area contributed by atoms with Crippen molar-refractivity contribution in [3.63, 3.8) is 0 Å². The van der Waals surface area contributed by atoms with Crippen LogP contribution in [0.25, 0.3) is 0 Å². The number of aliphatic carboxylic acids is 1. The van der Waals surface area contributed by atoms with Crippen LogP contribution < -0.4 is 4.90 Å². The number of rotatable bonds is 3. The maximum Gasteiger partial charge on any atom is 0.310 e. The highest BCUT2D eigenvalue weighted by molar-refractivity contribution is 9.10. The molecular formula is C11H14BrNO2. The second-order valence-electron chi connectivity index (χ2n) is 3.67. The average Bonchev–Trinajstić information content (AvgIpc) is 2.15. The maximum absolute atomic E-state index is 10.8. The minimum absolute atomic E-state index is 0.475. The van der Waals surface area contributed by atoms with Crippen molar-refractivity contribution in [2.24, 2.45) is 0 Å². The molecule has 1 rings (SSSR count). The van der Waals surface area contributed by atoms with Gasteiger partial charge in [-0.2, -0.15) is 0 Å². The molecule has 0 saturated carbocycles. The summed E-state index contributed by atoms with van der Waals surface area (Å²) < 4.78 is 0.915. The first kappa shape index (κ1) is 12.0. The molecule has 3 nitrogen and oxygen atoms in total. The molecule has 0 bridgehead atoms. The van der Waals surface area contributed by atoms with Gasteiger partial charge < -0.3 is 10.0 Å². The lowest BCUT2D eigenvalue weighted by Gasteiger charge is -2.16. The number of benzene rings is 1. The van der Waals surface area contributed by atoms with Crippen LogP contribution >= 0.6 is 15.9 Å². The smallest absolute Gasteiger partial charge is 0.310 e. The molecule has 4 heteroatoms. The highest BCUT2D eigenvalue weighted by Crippen LogP contribution is 2.28. The van der Waals surface area contributed by atoms with Crippen LogP contribution in [0.2, 0.25) is 0 Å². The molecule has 1 atom stereocenters. The monoisotopic (exact) mass is 271 g/mol. The SMILES string of the molecule is CC(C(=O)O)c1ccc(N(C)C)c(Br)c1. The summed E-state index contributed by atoms with van der Waals surface area (Å²) in [6.45, 7) is 1.68. The summed E-state index contributed by atoms with van der Waals surface area (Å²) in [5.41, 5.74) is 1.84. The first-order chi connectivity index (χ1) is 6.93. The van der Waals surface area contributed by atoms with Crippen LogP contribution in [0.5, 0.6) is 0 Å². The summed E-state index contributed by atoms with van der Waals surface area (Å²) in [6.07, 6.45) is 0. The second kappa shape index (κ2) is 4.66. The van der Waals surface area contributed by atoms with Crippen molar-refractivity contribution in [1.29, 1.82) is 0 Å². The predicted molar refractivity (Wildman–Crippen MR) is 64.5 cm³/mol. The third-order valence-electron chi connectivity index (χ3n) is 2.32. The Balaban J connectivity index is 3.06. The number of carboxylic acid groups (broad SMARTS) is 1. The third kappa shape index (κ3) is 2.72. The van der Waals surface area contributed by atoms with E-state index in [1.54, 1.807) is 6.92 Å². The summed E-state index contributed by atoms with van der Waals surface area (Å²) in [6, 6.07) is 5.62. The fraction of sp³-hybridized carbons (Fsp3) is 0.364. The molecule has 0 radical (unpaired) electrons. The standard InChI is InChI=1S/C11H14BrNO2/c1-7(11(14)15)8-4-5-10(13(2)3)9(12)6-8/h4-7H,1-3H3,(H,14,15). The molecule has 82 valence electrons. The number of hydrogen-bond donors (Lipinski definition) is 1. The molecule has 0 fully saturated rings. The molecule has 15 heavy (non-hydrogen) atoms. The fourth-order valence-electron chi connectivity index (χ4n) is 1.30. The molecule has 0 amide bonds. The molecule has 1 aromatic rings. The van der Waals surface area contributed by atoms with Crippen molar-refractivity contribution in [2.75, 3.05) is 19.0 Å². The van der Waals surface area contributed by atoms with Crippen LogP contribution in [0.4, 0.5) is 5.69 Å². The Bertz CT molecular complexity index is 377. The summed E-state index contributed by atoms with van der Waals surface area (Å²) in [5.74, 6) is -1.28. The van der Waals surface area contributed by atoms with Crippen LogP contribution in [-0.4, -0.2) is 25.2 Å². The predicted octanol–water partition coefficient (Wildman–Crippen LogP) is 2.70. The summed E-state index contributed by atoms with van der Waals surface area (Å²) in [5, 5.41) is 8.88. The van der Waals surface area contributed by atoms with Gasteiger partial charge in [-0.25, -0.2) is 0 Å². The van der Waals surface area contributed by atoms with Crippen molar-refractivity contribution in [3.8, 4) is 0 Å². The number of carboxylic acids is 1. The van der Waals surface area contributed by atoms with Crippen molar-refractivity contribution in [2.45, 2.75) is 12.8 Å². The Labute approximate surface area is 97.8 Å². The Morgan fingerprint density at radius 2 is 2.07 bits per heavy atom. The van der Waals surface area contributed by atoms with E-state index in [1.165, 1.54) is 0 Å². The van der Waals surface area contributed by atoms with E-state index < -0.39 is 11.9 Å². The molecule has 0 aromatic heterocycles. The number of carbonyl (C=O) groups is 1. The van der Waals surface area contributed by atoms with E-state index in [2.05, 4.69) is 15.9 Å².